The van der Waals surface area contributed by atoms with Crippen LogP contribution in [-0.4, -0.2) is 29.4 Å². The third-order valence-electron chi connectivity index (χ3n) is 3.71. The van der Waals surface area contributed by atoms with Crippen molar-refractivity contribution in [1.82, 2.24) is 0 Å². The summed E-state index contributed by atoms with van der Waals surface area (Å²) in [6, 6.07) is 5.61. The zero-order chi connectivity index (χ0) is 13.3. The Morgan fingerprint density at radius 3 is 2.72 bits per heavy atom. The van der Waals surface area contributed by atoms with Gasteiger partial charge in [-0.3, -0.25) is 0 Å². The molecule has 2 N–H and O–H groups in total. The van der Waals surface area contributed by atoms with E-state index in [1.165, 1.54) is 0 Å². The average molecular weight is 270 g/mol. The van der Waals surface area contributed by atoms with E-state index in [0.29, 0.717) is 17.5 Å². The van der Waals surface area contributed by atoms with Gasteiger partial charge in [-0.05, 0) is 37.0 Å². The number of nitrogens with zero attached hydrogens (tertiary/aromatic N) is 1. The van der Waals surface area contributed by atoms with E-state index in [0.717, 1.165) is 24.2 Å². The van der Waals surface area contributed by atoms with Gasteiger partial charge >= 0.3 is 0 Å². The van der Waals surface area contributed by atoms with Crippen LogP contribution in [0.3, 0.4) is 0 Å². The van der Waals surface area contributed by atoms with Gasteiger partial charge in [-0.15, -0.1) is 0 Å². The van der Waals surface area contributed by atoms with E-state index in [1.807, 2.05) is 12.1 Å². The smallest absolute Gasteiger partial charge is 0.0762 e. The Kier molecular flexibility index (Phi) is 4.15. The molecular formula is C14H20ClNO2. The van der Waals surface area contributed by atoms with Crippen LogP contribution in [0.15, 0.2) is 18.2 Å². The molecule has 1 aromatic carbocycles. The molecule has 18 heavy (non-hydrogen) atoms. The van der Waals surface area contributed by atoms with Crippen molar-refractivity contribution in [1.29, 1.82) is 0 Å². The van der Waals surface area contributed by atoms with E-state index in [1.54, 1.807) is 13.0 Å². The zero-order valence-electron chi connectivity index (χ0n) is 10.8. The highest BCUT2D eigenvalue weighted by Crippen LogP contribution is 2.31. The molecule has 1 aliphatic heterocycles. The maximum absolute atomic E-state index is 9.92. The molecule has 2 unspecified atom stereocenters. The van der Waals surface area contributed by atoms with Crippen LogP contribution in [0, 0.1) is 5.92 Å². The van der Waals surface area contributed by atoms with E-state index in [-0.39, 0.29) is 6.10 Å². The summed E-state index contributed by atoms with van der Waals surface area (Å²) in [5.41, 5.74) is 1.75. The van der Waals surface area contributed by atoms with E-state index in [9.17, 15) is 10.2 Å². The lowest BCUT2D eigenvalue weighted by atomic mass is 9.95. The Morgan fingerprint density at radius 2 is 2.17 bits per heavy atom. The van der Waals surface area contributed by atoms with E-state index >= 15 is 0 Å². The van der Waals surface area contributed by atoms with Crippen LogP contribution >= 0.6 is 11.6 Å². The Labute approximate surface area is 113 Å². The number of aliphatic hydroxyl groups is 2. The monoisotopic (exact) mass is 269 g/mol. The second-order valence-electron chi connectivity index (χ2n) is 5.17. The van der Waals surface area contributed by atoms with Crippen LogP contribution in [0.1, 0.15) is 31.9 Å². The summed E-state index contributed by atoms with van der Waals surface area (Å²) in [6.45, 7) is 5.32. The van der Waals surface area contributed by atoms with Gasteiger partial charge in [0.2, 0.25) is 0 Å². The Bertz CT molecular complexity index is 422. The van der Waals surface area contributed by atoms with Gasteiger partial charge in [-0.25, -0.2) is 0 Å². The first-order valence-electron chi connectivity index (χ1n) is 6.39. The third kappa shape index (κ3) is 2.79. The topological polar surface area (TPSA) is 43.7 Å². The maximum atomic E-state index is 9.92. The van der Waals surface area contributed by atoms with Gasteiger partial charge in [0.25, 0.3) is 0 Å². The van der Waals surface area contributed by atoms with Crippen molar-refractivity contribution in [2.24, 2.45) is 5.92 Å². The van der Waals surface area contributed by atoms with Gasteiger partial charge < -0.3 is 15.1 Å². The zero-order valence-corrected chi connectivity index (χ0v) is 11.6. The molecule has 0 spiro atoms. The minimum Gasteiger partial charge on any atom is -0.391 e. The van der Waals surface area contributed by atoms with Gasteiger partial charge in [-0.2, -0.15) is 0 Å². The van der Waals surface area contributed by atoms with Crippen molar-refractivity contribution < 1.29 is 10.2 Å². The van der Waals surface area contributed by atoms with Crippen LogP contribution < -0.4 is 4.90 Å². The Morgan fingerprint density at radius 1 is 1.44 bits per heavy atom. The highest BCUT2D eigenvalue weighted by molar-refractivity contribution is 6.33. The predicted molar refractivity (Wildman–Crippen MR) is 74.1 cm³/mol. The maximum Gasteiger partial charge on any atom is 0.0762 e. The fourth-order valence-electron chi connectivity index (χ4n) is 2.31. The summed E-state index contributed by atoms with van der Waals surface area (Å²) in [5.74, 6) is 0.344. The van der Waals surface area contributed by atoms with Crippen molar-refractivity contribution in [2.75, 3.05) is 18.0 Å². The van der Waals surface area contributed by atoms with Crippen LogP contribution in [0.4, 0.5) is 5.69 Å². The summed E-state index contributed by atoms with van der Waals surface area (Å²) in [4.78, 5) is 2.11. The molecule has 0 saturated carbocycles. The first-order valence-corrected chi connectivity index (χ1v) is 6.77. The lowest BCUT2D eigenvalue weighted by Gasteiger charge is -2.36. The van der Waals surface area contributed by atoms with Crippen molar-refractivity contribution >= 4 is 17.3 Å². The van der Waals surface area contributed by atoms with Crippen molar-refractivity contribution in [3.63, 3.8) is 0 Å². The summed E-state index contributed by atoms with van der Waals surface area (Å²) in [6.07, 6.45) is 0.158. The molecule has 0 aliphatic carbocycles. The third-order valence-corrected chi connectivity index (χ3v) is 4.02. The number of piperidine rings is 1. The number of rotatable bonds is 2. The molecule has 0 bridgehead atoms. The number of halogens is 1. The summed E-state index contributed by atoms with van der Waals surface area (Å²) in [7, 11) is 0. The average Bonchev–Trinajstić information content (AvgIpc) is 2.32. The number of hydrogen-bond donors (Lipinski definition) is 2. The first-order chi connectivity index (χ1) is 8.49. The molecule has 1 fully saturated rings. The minimum absolute atomic E-state index is 0.300. The molecule has 0 amide bonds. The highest BCUT2D eigenvalue weighted by atomic mass is 35.5. The molecule has 4 heteroatoms. The standard InChI is InChI=1S/C14H20ClNO2/c1-9-5-6-16(8-14(9)18)13-4-3-11(10(2)17)7-12(13)15/h3-4,7,9-10,14,17-18H,5-6,8H2,1-2H3/t9?,10-,14?/m1/s1. The second-order valence-corrected chi connectivity index (χ2v) is 5.57. The fourth-order valence-corrected chi connectivity index (χ4v) is 2.62. The van der Waals surface area contributed by atoms with Crippen molar-refractivity contribution in [2.45, 2.75) is 32.5 Å². The molecule has 3 atom stereocenters. The lowest BCUT2D eigenvalue weighted by molar-refractivity contribution is 0.103. The number of benzene rings is 1. The lowest BCUT2D eigenvalue weighted by Crippen LogP contribution is -2.43. The Hall–Kier alpha value is -0.770. The molecule has 100 valence electrons. The number of β-amino-alcohol motifs (C(OH)–C–C–N with tert-alkyl or cyclic N) is 1. The van der Waals surface area contributed by atoms with Crippen molar-refractivity contribution in [3.8, 4) is 0 Å². The molecule has 1 saturated heterocycles. The molecule has 1 heterocycles. The summed E-state index contributed by atoms with van der Waals surface area (Å²) in [5, 5.41) is 20.1. The molecule has 1 aromatic rings. The normalized spacial score (nSPS) is 26.2. The van der Waals surface area contributed by atoms with E-state index in [4.69, 9.17) is 11.6 Å². The molecule has 0 radical (unpaired) electrons. The van der Waals surface area contributed by atoms with Gasteiger partial charge in [0.15, 0.2) is 0 Å². The first kappa shape index (κ1) is 13.7. The predicted octanol–water partition coefficient (Wildman–Crippen LogP) is 2.60. The summed E-state index contributed by atoms with van der Waals surface area (Å²) >= 11 is 6.26. The minimum atomic E-state index is -0.511. The number of hydrogen-bond acceptors (Lipinski definition) is 3. The molecule has 2 rings (SSSR count). The van der Waals surface area contributed by atoms with Crippen LogP contribution in [-0.2, 0) is 0 Å². The van der Waals surface area contributed by atoms with Gasteiger partial charge in [-0.1, -0.05) is 24.6 Å². The molecule has 3 nitrogen and oxygen atoms in total. The number of aliphatic hydroxyl groups excluding tert-OH is 2. The largest absolute Gasteiger partial charge is 0.391 e. The van der Waals surface area contributed by atoms with E-state index in [2.05, 4.69) is 11.8 Å². The second kappa shape index (κ2) is 5.47. The summed E-state index contributed by atoms with van der Waals surface area (Å²) < 4.78 is 0. The Balaban J connectivity index is 2.19. The van der Waals surface area contributed by atoms with Gasteiger partial charge in [0.05, 0.1) is 22.9 Å². The molecule has 0 aromatic heterocycles. The van der Waals surface area contributed by atoms with Crippen LogP contribution in [0.25, 0.3) is 0 Å². The van der Waals surface area contributed by atoms with Crippen LogP contribution in [0.2, 0.25) is 5.02 Å². The van der Waals surface area contributed by atoms with Gasteiger partial charge in [0.1, 0.15) is 0 Å². The molecule has 1 aliphatic rings. The van der Waals surface area contributed by atoms with Gasteiger partial charge in [0, 0.05) is 13.1 Å². The number of anilines is 1. The van der Waals surface area contributed by atoms with Crippen molar-refractivity contribution in [3.05, 3.63) is 28.8 Å². The highest BCUT2D eigenvalue weighted by Gasteiger charge is 2.25. The molecular weight excluding hydrogens is 250 g/mol. The van der Waals surface area contributed by atoms with E-state index < -0.39 is 6.10 Å². The fraction of sp³-hybridized carbons (Fsp3) is 0.571. The van der Waals surface area contributed by atoms with Crippen LogP contribution in [0.5, 0.6) is 0 Å². The quantitative estimate of drug-likeness (QED) is 0.867. The SMILES string of the molecule is CC1CCN(c2ccc([C@@H](C)O)cc2Cl)CC1O.